The van der Waals surface area contributed by atoms with Crippen LogP contribution in [0.2, 0.25) is 0 Å². The smallest absolute Gasteiger partial charge is 0.287 e. The van der Waals surface area contributed by atoms with E-state index in [0.29, 0.717) is 18.1 Å². The summed E-state index contributed by atoms with van der Waals surface area (Å²) in [6.07, 6.45) is 11.8. The molecule has 6 heteroatoms. The van der Waals surface area contributed by atoms with Crippen LogP contribution in [0.5, 0.6) is 0 Å². The van der Waals surface area contributed by atoms with E-state index in [9.17, 15) is 9.59 Å². The van der Waals surface area contributed by atoms with Gasteiger partial charge < -0.3 is 15.2 Å². The number of rotatable bonds is 6. The predicted octanol–water partition coefficient (Wildman–Crippen LogP) is 3.20. The Hall–Kier alpha value is -1.85. The van der Waals surface area contributed by atoms with E-state index in [2.05, 4.69) is 22.5 Å². The van der Waals surface area contributed by atoms with Gasteiger partial charge in [0.1, 0.15) is 5.69 Å². The molecule has 0 unspecified atom stereocenters. The lowest BCUT2D eigenvalue weighted by atomic mass is 10.1. The molecule has 0 radical (unpaired) electrons. The summed E-state index contributed by atoms with van der Waals surface area (Å²) in [7, 11) is 0. The largest absolute Gasteiger partial charge is 0.351 e. The number of hydrogen-bond acceptors (Lipinski definition) is 3. The molecule has 0 saturated heterocycles. The van der Waals surface area contributed by atoms with E-state index in [-0.39, 0.29) is 17.9 Å². The van der Waals surface area contributed by atoms with E-state index in [1.165, 1.54) is 25.7 Å². The highest BCUT2D eigenvalue weighted by atomic mass is 16.2. The van der Waals surface area contributed by atoms with Crippen LogP contribution < -0.4 is 10.6 Å². The Morgan fingerprint density at radius 2 is 1.85 bits per heavy atom. The third-order valence-corrected chi connectivity index (χ3v) is 5.54. The Bertz CT molecular complexity index is 630. The number of carbonyl (C=O) groups is 2. The van der Waals surface area contributed by atoms with E-state index in [1.54, 1.807) is 0 Å². The fourth-order valence-corrected chi connectivity index (χ4v) is 4.03. The van der Waals surface area contributed by atoms with Crippen molar-refractivity contribution in [3.63, 3.8) is 0 Å². The van der Waals surface area contributed by atoms with Gasteiger partial charge in [0.2, 0.25) is 0 Å². The van der Waals surface area contributed by atoms with E-state index in [4.69, 9.17) is 0 Å². The molecule has 1 saturated carbocycles. The summed E-state index contributed by atoms with van der Waals surface area (Å²) in [4.78, 5) is 29.9. The van der Waals surface area contributed by atoms with Crippen molar-refractivity contribution in [3.05, 3.63) is 17.2 Å². The molecule has 1 aliphatic heterocycles. The van der Waals surface area contributed by atoms with E-state index in [0.717, 1.165) is 57.2 Å². The maximum absolute atomic E-state index is 12.9. The first-order chi connectivity index (χ1) is 12.7. The molecule has 0 spiro atoms. The lowest BCUT2D eigenvalue weighted by molar-refractivity contribution is 0.0917. The molecule has 26 heavy (non-hydrogen) atoms. The molecule has 1 aromatic heterocycles. The highest BCUT2D eigenvalue weighted by molar-refractivity contribution is 5.97. The molecule has 0 bridgehead atoms. The second-order valence-corrected chi connectivity index (χ2v) is 7.61. The number of nitrogens with zero attached hydrogens (tertiary/aromatic N) is 2. The number of unbranched alkanes of at least 4 members (excludes halogenated alkanes) is 1. The normalized spacial score (nSPS) is 18.0. The van der Waals surface area contributed by atoms with Gasteiger partial charge in [0.25, 0.3) is 11.8 Å². The molecular weight excluding hydrogens is 328 g/mol. The highest BCUT2D eigenvalue weighted by Gasteiger charge is 2.28. The van der Waals surface area contributed by atoms with Crippen LogP contribution in [-0.2, 0) is 13.0 Å². The highest BCUT2D eigenvalue weighted by Crippen LogP contribution is 2.22. The first kappa shape index (κ1) is 18.9. The van der Waals surface area contributed by atoms with Gasteiger partial charge in [-0.05, 0) is 38.5 Å². The molecule has 1 aromatic rings. The third-order valence-electron chi connectivity index (χ3n) is 5.54. The van der Waals surface area contributed by atoms with Crippen LogP contribution >= 0.6 is 0 Å². The van der Waals surface area contributed by atoms with E-state index < -0.39 is 0 Å². The molecule has 2 heterocycles. The van der Waals surface area contributed by atoms with Crippen LogP contribution in [0.3, 0.4) is 0 Å². The maximum Gasteiger partial charge on any atom is 0.287 e. The Kier molecular flexibility index (Phi) is 6.69. The summed E-state index contributed by atoms with van der Waals surface area (Å²) in [6, 6.07) is 0.239. The van der Waals surface area contributed by atoms with Crippen LogP contribution in [0.25, 0.3) is 0 Å². The van der Waals surface area contributed by atoms with Gasteiger partial charge in [0.15, 0.2) is 5.82 Å². The lowest BCUT2D eigenvalue weighted by Crippen LogP contribution is -2.36. The minimum absolute atomic E-state index is 0.118. The van der Waals surface area contributed by atoms with Gasteiger partial charge in [-0.1, -0.05) is 39.0 Å². The number of carbonyl (C=O) groups excluding carboxylic acids is 2. The summed E-state index contributed by atoms with van der Waals surface area (Å²) in [5, 5.41) is 6.12. The monoisotopic (exact) mass is 360 g/mol. The molecule has 2 N–H and O–H groups in total. The van der Waals surface area contributed by atoms with E-state index >= 15 is 0 Å². The predicted molar refractivity (Wildman–Crippen MR) is 101 cm³/mol. The number of fused-ring (bicyclic) bond motifs is 1. The van der Waals surface area contributed by atoms with Crippen molar-refractivity contribution in [2.24, 2.45) is 0 Å². The van der Waals surface area contributed by atoms with Crippen molar-refractivity contribution in [2.45, 2.75) is 90.1 Å². The van der Waals surface area contributed by atoms with Crippen molar-refractivity contribution in [1.29, 1.82) is 0 Å². The summed E-state index contributed by atoms with van der Waals surface area (Å²) in [6.45, 7) is 3.53. The zero-order valence-corrected chi connectivity index (χ0v) is 16.0. The summed E-state index contributed by atoms with van der Waals surface area (Å²) >= 11 is 0. The van der Waals surface area contributed by atoms with Crippen molar-refractivity contribution in [1.82, 2.24) is 20.2 Å². The Labute approximate surface area is 156 Å². The molecule has 144 valence electrons. The van der Waals surface area contributed by atoms with Gasteiger partial charge in [0, 0.05) is 19.1 Å². The summed E-state index contributed by atoms with van der Waals surface area (Å²) in [5.41, 5.74) is 1.38. The van der Waals surface area contributed by atoms with Crippen LogP contribution in [0.1, 0.15) is 97.9 Å². The average molecular weight is 361 g/mol. The molecule has 2 amide bonds. The quantitative estimate of drug-likeness (QED) is 0.604. The van der Waals surface area contributed by atoms with Gasteiger partial charge in [-0.15, -0.1) is 0 Å². The van der Waals surface area contributed by atoms with Crippen LogP contribution in [-0.4, -0.2) is 34.0 Å². The summed E-state index contributed by atoms with van der Waals surface area (Å²) < 4.78 is 1.98. The van der Waals surface area contributed by atoms with Gasteiger partial charge in [-0.25, -0.2) is 4.98 Å². The Morgan fingerprint density at radius 3 is 2.58 bits per heavy atom. The summed E-state index contributed by atoms with van der Waals surface area (Å²) in [5.74, 6) is 0.162. The van der Waals surface area contributed by atoms with Crippen LogP contribution in [0.4, 0.5) is 0 Å². The minimum atomic E-state index is -0.141. The second-order valence-electron chi connectivity index (χ2n) is 7.61. The van der Waals surface area contributed by atoms with E-state index in [1.807, 2.05) is 4.57 Å². The number of aromatic nitrogens is 2. The van der Waals surface area contributed by atoms with Crippen molar-refractivity contribution >= 4 is 11.8 Å². The number of imidazole rings is 1. The SMILES string of the molecule is CCCCNC(=O)c1nc(C(=O)NC2CCCCCC2)n2c1CCCC2. The van der Waals surface area contributed by atoms with Crippen molar-refractivity contribution in [3.8, 4) is 0 Å². The van der Waals surface area contributed by atoms with Crippen LogP contribution in [0.15, 0.2) is 0 Å². The number of hydrogen-bond donors (Lipinski definition) is 2. The number of nitrogens with one attached hydrogen (secondary N) is 2. The zero-order valence-electron chi connectivity index (χ0n) is 16.0. The number of amides is 2. The fraction of sp³-hybridized carbons (Fsp3) is 0.750. The lowest BCUT2D eigenvalue weighted by Gasteiger charge is -2.19. The van der Waals surface area contributed by atoms with Gasteiger partial charge in [-0.3, -0.25) is 9.59 Å². The molecule has 0 atom stereocenters. The first-order valence-corrected chi connectivity index (χ1v) is 10.4. The Balaban J connectivity index is 1.75. The van der Waals surface area contributed by atoms with Gasteiger partial charge >= 0.3 is 0 Å². The molecule has 1 fully saturated rings. The standard InChI is InChI=1S/C20H32N4O2/c1-2-3-13-21-19(25)17-16-12-8-9-14-24(16)18(23-17)20(26)22-15-10-6-4-5-7-11-15/h15H,2-14H2,1H3,(H,21,25)(H,22,26). The zero-order chi connectivity index (χ0) is 18.4. The Morgan fingerprint density at radius 1 is 1.08 bits per heavy atom. The maximum atomic E-state index is 12.9. The van der Waals surface area contributed by atoms with Crippen LogP contribution in [0, 0.1) is 0 Å². The first-order valence-electron chi connectivity index (χ1n) is 10.4. The molecule has 3 rings (SSSR count). The molecule has 6 nitrogen and oxygen atoms in total. The topological polar surface area (TPSA) is 76.0 Å². The molecular formula is C20H32N4O2. The van der Waals surface area contributed by atoms with Gasteiger partial charge in [0.05, 0.1) is 5.69 Å². The van der Waals surface area contributed by atoms with Crippen molar-refractivity contribution in [2.75, 3.05) is 6.54 Å². The van der Waals surface area contributed by atoms with Crippen molar-refractivity contribution < 1.29 is 9.59 Å². The third kappa shape index (κ3) is 4.46. The fourth-order valence-electron chi connectivity index (χ4n) is 4.03. The second kappa shape index (κ2) is 9.19. The minimum Gasteiger partial charge on any atom is -0.351 e. The average Bonchev–Trinajstić information content (AvgIpc) is 2.85. The molecule has 0 aromatic carbocycles. The molecule has 1 aliphatic carbocycles. The van der Waals surface area contributed by atoms with Gasteiger partial charge in [-0.2, -0.15) is 0 Å². The molecule has 2 aliphatic rings.